The van der Waals surface area contributed by atoms with Crippen LogP contribution in [0.25, 0.3) is 0 Å². The number of nitrogens with zero attached hydrogens (tertiary/aromatic N) is 3. The smallest absolute Gasteiger partial charge is 0.161 e. The fourth-order valence-electron chi connectivity index (χ4n) is 4.13. The van der Waals surface area contributed by atoms with Gasteiger partial charge in [-0.25, -0.2) is 5.01 Å². The van der Waals surface area contributed by atoms with E-state index in [9.17, 15) is 10.1 Å². The van der Waals surface area contributed by atoms with Crippen molar-refractivity contribution in [1.29, 1.82) is 5.26 Å². The van der Waals surface area contributed by atoms with E-state index in [1.54, 1.807) is 12.1 Å². The average molecular weight is 385 g/mol. The number of carbonyl (C=O) groups excluding carboxylic acids is 1. The molecule has 0 spiro atoms. The molecule has 0 bridgehead atoms. The second kappa shape index (κ2) is 7.35. The maximum Gasteiger partial charge on any atom is 0.161 e. The number of hydrazine groups is 1. The van der Waals surface area contributed by atoms with Gasteiger partial charge in [-0.15, -0.1) is 0 Å². The number of halogens is 1. The van der Waals surface area contributed by atoms with Crippen molar-refractivity contribution < 1.29 is 9.53 Å². The molecule has 3 aliphatic rings. The maximum absolute atomic E-state index is 12.9. The molecular weight excluding hydrogens is 364 g/mol. The van der Waals surface area contributed by atoms with E-state index in [1.807, 2.05) is 17.1 Å². The number of morpholine rings is 1. The van der Waals surface area contributed by atoms with Crippen LogP contribution in [0.15, 0.2) is 46.9 Å². The Hall–Kier alpha value is -2.33. The molecule has 27 heavy (non-hydrogen) atoms. The quantitative estimate of drug-likeness (QED) is 0.844. The summed E-state index contributed by atoms with van der Waals surface area (Å²) >= 11 is 6.03. The van der Waals surface area contributed by atoms with Gasteiger partial charge in [0.1, 0.15) is 5.82 Å². The Balaban J connectivity index is 1.87. The van der Waals surface area contributed by atoms with Crippen LogP contribution in [0, 0.1) is 11.3 Å². The molecule has 1 atom stereocenters. The number of ether oxygens (including phenoxy) is 1. The second-order valence-electron chi connectivity index (χ2n) is 6.91. The molecule has 0 saturated carbocycles. The first-order valence-corrected chi connectivity index (χ1v) is 9.53. The molecule has 0 aromatic heterocycles. The highest BCUT2D eigenvalue weighted by atomic mass is 35.5. The highest BCUT2D eigenvalue weighted by Gasteiger charge is 2.41. The van der Waals surface area contributed by atoms with Crippen LogP contribution in [0.1, 0.15) is 30.7 Å². The number of ketones is 1. The van der Waals surface area contributed by atoms with E-state index in [-0.39, 0.29) is 5.78 Å². The van der Waals surface area contributed by atoms with E-state index in [0.717, 1.165) is 24.1 Å². The lowest BCUT2D eigenvalue weighted by molar-refractivity contribution is -0.117. The summed E-state index contributed by atoms with van der Waals surface area (Å²) in [7, 11) is 0. The van der Waals surface area contributed by atoms with Gasteiger partial charge in [-0.3, -0.25) is 9.80 Å². The van der Waals surface area contributed by atoms with Gasteiger partial charge in [0.25, 0.3) is 0 Å². The largest absolute Gasteiger partial charge is 0.383 e. The first kappa shape index (κ1) is 18.1. The van der Waals surface area contributed by atoms with Gasteiger partial charge in [0.05, 0.1) is 30.8 Å². The van der Waals surface area contributed by atoms with E-state index >= 15 is 0 Å². The van der Waals surface area contributed by atoms with Crippen LogP contribution in [0.5, 0.6) is 0 Å². The highest BCUT2D eigenvalue weighted by molar-refractivity contribution is 6.30. The van der Waals surface area contributed by atoms with Crippen LogP contribution in [0.4, 0.5) is 0 Å². The van der Waals surface area contributed by atoms with Crippen LogP contribution in [0.3, 0.4) is 0 Å². The van der Waals surface area contributed by atoms with Crippen molar-refractivity contribution in [3.63, 3.8) is 0 Å². The van der Waals surface area contributed by atoms with Crippen molar-refractivity contribution in [2.24, 2.45) is 5.73 Å². The van der Waals surface area contributed by atoms with Gasteiger partial charge in [-0.1, -0.05) is 23.7 Å². The molecular formula is C20H21ClN4O2. The van der Waals surface area contributed by atoms with Crippen LogP contribution in [0.2, 0.25) is 5.02 Å². The van der Waals surface area contributed by atoms with Crippen LogP contribution in [-0.4, -0.2) is 42.1 Å². The minimum Gasteiger partial charge on any atom is -0.383 e. The van der Waals surface area contributed by atoms with Crippen LogP contribution >= 0.6 is 11.6 Å². The molecule has 0 amide bonds. The summed E-state index contributed by atoms with van der Waals surface area (Å²) in [6, 6.07) is 9.58. The Kier molecular flexibility index (Phi) is 4.92. The summed E-state index contributed by atoms with van der Waals surface area (Å²) in [6.07, 6.45) is 2.06. The van der Waals surface area contributed by atoms with E-state index in [4.69, 9.17) is 22.1 Å². The summed E-state index contributed by atoms with van der Waals surface area (Å²) in [5.74, 6) is 0.0647. The van der Waals surface area contributed by atoms with Crippen molar-refractivity contribution in [3.8, 4) is 6.07 Å². The molecule has 6 nitrogen and oxygen atoms in total. The zero-order chi connectivity index (χ0) is 19.0. The minimum absolute atomic E-state index is 0.0923. The number of nitriles is 1. The number of carbonyl (C=O) groups is 1. The fourth-order valence-corrected chi connectivity index (χ4v) is 4.26. The Morgan fingerprint density at radius 3 is 2.56 bits per heavy atom. The molecule has 4 rings (SSSR count). The number of benzene rings is 1. The average Bonchev–Trinajstić information content (AvgIpc) is 2.69. The number of rotatable bonds is 2. The predicted octanol–water partition coefficient (Wildman–Crippen LogP) is 2.69. The topological polar surface area (TPSA) is 82.6 Å². The van der Waals surface area contributed by atoms with Crippen molar-refractivity contribution in [1.82, 2.24) is 10.0 Å². The molecule has 1 aromatic carbocycles. The lowest BCUT2D eigenvalue weighted by Crippen LogP contribution is -2.52. The van der Waals surface area contributed by atoms with E-state index < -0.39 is 5.92 Å². The molecule has 1 saturated heterocycles. The van der Waals surface area contributed by atoms with Crippen LogP contribution < -0.4 is 5.73 Å². The summed E-state index contributed by atoms with van der Waals surface area (Å²) in [6.45, 7) is 2.55. The van der Waals surface area contributed by atoms with Gasteiger partial charge in [-0.2, -0.15) is 5.26 Å². The Bertz CT molecular complexity index is 863. The van der Waals surface area contributed by atoms with Gasteiger partial charge in [0.2, 0.25) is 0 Å². The van der Waals surface area contributed by atoms with Gasteiger partial charge < -0.3 is 10.5 Å². The third-order valence-electron chi connectivity index (χ3n) is 5.36. The summed E-state index contributed by atoms with van der Waals surface area (Å²) in [5.41, 5.74) is 9.40. The van der Waals surface area contributed by atoms with E-state index in [1.165, 1.54) is 0 Å². The molecule has 140 valence electrons. The van der Waals surface area contributed by atoms with E-state index in [0.29, 0.717) is 54.7 Å². The normalized spacial score (nSPS) is 24.1. The number of nitrogens with two attached hydrogens (primary N) is 1. The van der Waals surface area contributed by atoms with Gasteiger partial charge >= 0.3 is 0 Å². The fraction of sp³-hybridized carbons (Fsp3) is 0.400. The minimum atomic E-state index is -0.438. The first-order chi connectivity index (χ1) is 13.1. The Labute approximate surface area is 163 Å². The molecule has 1 unspecified atom stereocenters. The molecule has 1 aromatic rings. The Morgan fingerprint density at radius 2 is 1.89 bits per heavy atom. The standard InChI is InChI=1S/C20H21ClN4O2/c21-14-6-4-13(5-7-14)18-15(12-22)20(23)25(24-8-10-27-11-9-24)16-2-1-3-17(26)19(16)18/h4-7,18H,1-3,8-11,23H2. The molecule has 0 radical (unpaired) electrons. The monoisotopic (exact) mass is 384 g/mol. The number of allylic oxidation sites excluding steroid dienone is 3. The predicted molar refractivity (Wildman–Crippen MR) is 101 cm³/mol. The summed E-state index contributed by atoms with van der Waals surface area (Å²) in [5, 5.41) is 14.5. The first-order valence-electron chi connectivity index (χ1n) is 9.16. The molecule has 2 aliphatic heterocycles. The molecule has 2 heterocycles. The zero-order valence-corrected chi connectivity index (χ0v) is 15.7. The third kappa shape index (κ3) is 3.12. The lowest BCUT2D eigenvalue weighted by atomic mass is 9.76. The number of hydrogen-bond acceptors (Lipinski definition) is 6. The zero-order valence-electron chi connectivity index (χ0n) is 14.9. The maximum atomic E-state index is 12.9. The van der Waals surface area contributed by atoms with Crippen molar-refractivity contribution >= 4 is 17.4 Å². The van der Waals surface area contributed by atoms with Gasteiger partial charge in [0.15, 0.2) is 5.78 Å². The summed E-state index contributed by atoms with van der Waals surface area (Å²) < 4.78 is 5.45. The lowest BCUT2D eigenvalue weighted by Gasteiger charge is -2.45. The van der Waals surface area contributed by atoms with Crippen molar-refractivity contribution in [3.05, 3.63) is 57.5 Å². The molecule has 2 N–H and O–H groups in total. The molecule has 7 heteroatoms. The van der Waals surface area contributed by atoms with Gasteiger partial charge in [-0.05, 0) is 30.5 Å². The van der Waals surface area contributed by atoms with Gasteiger partial charge in [0, 0.05) is 35.8 Å². The third-order valence-corrected chi connectivity index (χ3v) is 5.61. The number of Topliss-reactive ketones (excluding diaryl/α,β-unsaturated/α-hetero) is 1. The molecule has 1 fully saturated rings. The second-order valence-corrected chi connectivity index (χ2v) is 7.35. The Morgan fingerprint density at radius 1 is 1.19 bits per heavy atom. The van der Waals surface area contributed by atoms with Crippen molar-refractivity contribution in [2.45, 2.75) is 25.2 Å². The number of hydrogen-bond donors (Lipinski definition) is 1. The highest BCUT2D eigenvalue weighted by Crippen LogP contribution is 2.45. The summed E-state index contributed by atoms with van der Waals surface area (Å²) in [4.78, 5) is 12.9. The van der Waals surface area contributed by atoms with Crippen molar-refractivity contribution in [2.75, 3.05) is 26.3 Å². The SMILES string of the molecule is N#CC1=C(N)N(N2CCOCC2)C2=C(C(=O)CCC2)C1c1ccc(Cl)cc1. The molecule has 1 aliphatic carbocycles. The van der Waals surface area contributed by atoms with Crippen LogP contribution in [-0.2, 0) is 9.53 Å². The van der Waals surface area contributed by atoms with E-state index in [2.05, 4.69) is 11.1 Å².